The zero-order valence-corrected chi connectivity index (χ0v) is 12.0. The maximum atomic E-state index is 5.63. The summed E-state index contributed by atoms with van der Waals surface area (Å²) in [6, 6.07) is 7.86. The van der Waals surface area contributed by atoms with Crippen LogP contribution in [0.4, 0.5) is 0 Å². The highest BCUT2D eigenvalue weighted by Crippen LogP contribution is 2.14. The van der Waals surface area contributed by atoms with E-state index in [0.717, 1.165) is 31.0 Å². The van der Waals surface area contributed by atoms with Crippen molar-refractivity contribution in [3.63, 3.8) is 0 Å². The topological polar surface area (TPSA) is 69.4 Å². The molecular formula is C15H19N3O3. The van der Waals surface area contributed by atoms with Crippen molar-refractivity contribution in [2.75, 3.05) is 26.8 Å². The molecule has 1 N–H and O–H groups in total. The van der Waals surface area contributed by atoms with Crippen LogP contribution in [0.1, 0.15) is 17.3 Å². The predicted octanol–water partition coefficient (Wildman–Crippen LogP) is 1.20. The molecule has 0 aliphatic carbocycles. The zero-order chi connectivity index (χ0) is 14.5. The Hall–Kier alpha value is -1.92. The van der Waals surface area contributed by atoms with E-state index in [4.69, 9.17) is 14.0 Å². The summed E-state index contributed by atoms with van der Waals surface area (Å²) in [5, 5.41) is 7.31. The monoisotopic (exact) mass is 289 g/mol. The van der Waals surface area contributed by atoms with Crippen molar-refractivity contribution in [1.82, 2.24) is 15.5 Å². The number of benzene rings is 1. The van der Waals surface area contributed by atoms with E-state index in [1.807, 2.05) is 24.3 Å². The van der Waals surface area contributed by atoms with Gasteiger partial charge in [0.1, 0.15) is 5.75 Å². The van der Waals surface area contributed by atoms with Gasteiger partial charge in [0.2, 0.25) is 5.89 Å². The number of nitrogens with zero attached hydrogens (tertiary/aromatic N) is 2. The molecular weight excluding hydrogens is 270 g/mol. The first-order chi connectivity index (χ1) is 10.3. The van der Waals surface area contributed by atoms with Gasteiger partial charge in [-0.05, 0) is 17.7 Å². The Morgan fingerprint density at radius 1 is 1.33 bits per heavy atom. The van der Waals surface area contributed by atoms with Crippen LogP contribution in [0.2, 0.25) is 0 Å². The number of hydrogen-bond donors (Lipinski definition) is 1. The lowest BCUT2D eigenvalue weighted by atomic mass is 10.1. The molecule has 21 heavy (non-hydrogen) atoms. The van der Waals surface area contributed by atoms with Crippen molar-refractivity contribution in [2.24, 2.45) is 0 Å². The van der Waals surface area contributed by atoms with Crippen LogP contribution >= 0.6 is 0 Å². The van der Waals surface area contributed by atoms with E-state index in [-0.39, 0.29) is 6.10 Å². The third-order valence-electron chi connectivity index (χ3n) is 3.44. The largest absolute Gasteiger partial charge is 0.497 e. The Balaban J connectivity index is 1.58. The molecule has 0 amide bonds. The van der Waals surface area contributed by atoms with Gasteiger partial charge in [0.05, 0.1) is 26.2 Å². The van der Waals surface area contributed by atoms with Gasteiger partial charge in [-0.1, -0.05) is 17.3 Å². The van der Waals surface area contributed by atoms with E-state index >= 15 is 0 Å². The predicted molar refractivity (Wildman–Crippen MR) is 76.4 cm³/mol. The first kappa shape index (κ1) is 14.0. The summed E-state index contributed by atoms with van der Waals surface area (Å²) >= 11 is 0. The molecule has 1 saturated heterocycles. The number of hydrogen-bond acceptors (Lipinski definition) is 6. The first-order valence-corrected chi connectivity index (χ1v) is 7.10. The van der Waals surface area contributed by atoms with E-state index in [1.54, 1.807) is 7.11 Å². The van der Waals surface area contributed by atoms with Crippen LogP contribution in [0.5, 0.6) is 5.75 Å². The van der Waals surface area contributed by atoms with Gasteiger partial charge in [0, 0.05) is 19.5 Å². The summed E-state index contributed by atoms with van der Waals surface area (Å²) in [5.41, 5.74) is 1.12. The van der Waals surface area contributed by atoms with Gasteiger partial charge in [-0.2, -0.15) is 4.98 Å². The van der Waals surface area contributed by atoms with Crippen molar-refractivity contribution in [3.8, 4) is 5.75 Å². The fourth-order valence-corrected chi connectivity index (χ4v) is 2.32. The molecule has 6 heteroatoms. The normalized spacial score (nSPS) is 18.6. The van der Waals surface area contributed by atoms with E-state index in [0.29, 0.717) is 24.6 Å². The van der Waals surface area contributed by atoms with E-state index in [9.17, 15) is 0 Å². The maximum Gasteiger partial charge on any atom is 0.229 e. The molecule has 1 aromatic carbocycles. The van der Waals surface area contributed by atoms with Crippen molar-refractivity contribution >= 4 is 0 Å². The van der Waals surface area contributed by atoms with Gasteiger partial charge >= 0.3 is 0 Å². The molecule has 3 rings (SSSR count). The Labute approximate surface area is 123 Å². The van der Waals surface area contributed by atoms with E-state index < -0.39 is 0 Å². The average Bonchev–Trinajstić information content (AvgIpc) is 2.96. The van der Waals surface area contributed by atoms with Crippen LogP contribution in [0.3, 0.4) is 0 Å². The smallest absolute Gasteiger partial charge is 0.229 e. The molecule has 0 radical (unpaired) electrons. The van der Waals surface area contributed by atoms with E-state index in [2.05, 4.69) is 15.5 Å². The highest BCUT2D eigenvalue weighted by Gasteiger charge is 2.17. The Morgan fingerprint density at radius 3 is 2.90 bits per heavy atom. The molecule has 0 spiro atoms. The molecule has 1 fully saturated rings. The lowest BCUT2D eigenvalue weighted by molar-refractivity contribution is 0.0246. The summed E-state index contributed by atoms with van der Waals surface area (Å²) in [6.45, 7) is 2.47. The maximum absolute atomic E-state index is 5.63. The Morgan fingerprint density at radius 2 is 2.19 bits per heavy atom. The highest BCUT2D eigenvalue weighted by atomic mass is 16.5. The molecule has 2 heterocycles. The third-order valence-corrected chi connectivity index (χ3v) is 3.44. The number of aromatic nitrogens is 2. The minimum Gasteiger partial charge on any atom is -0.497 e. The molecule has 112 valence electrons. The summed E-state index contributed by atoms with van der Waals surface area (Å²) < 4.78 is 16.1. The van der Waals surface area contributed by atoms with Gasteiger partial charge in [0.15, 0.2) is 5.82 Å². The fourth-order valence-electron chi connectivity index (χ4n) is 2.32. The lowest BCUT2D eigenvalue weighted by Crippen LogP contribution is -2.39. The minimum absolute atomic E-state index is 0.119. The van der Waals surface area contributed by atoms with Crippen molar-refractivity contribution < 1.29 is 14.0 Å². The second kappa shape index (κ2) is 6.69. The molecule has 1 atom stereocenters. The second-order valence-electron chi connectivity index (χ2n) is 5.03. The number of morpholine rings is 1. The van der Waals surface area contributed by atoms with Crippen LogP contribution < -0.4 is 10.1 Å². The third kappa shape index (κ3) is 3.80. The summed E-state index contributed by atoms with van der Waals surface area (Å²) in [4.78, 5) is 4.43. The molecule has 1 aromatic heterocycles. The van der Waals surface area contributed by atoms with Gasteiger partial charge in [-0.15, -0.1) is 0 Å². The number of rotatable bonds is 5. The van der Waals surface area contributed by atoms with Gasteiger partial charge in [-0.25, -0.2) is 0 Å². The highest BCUT2D eigenvalue weighted by molar-refractivity contribution is 5.28. The Kier molecular flexibility index (Phi) is 4.47. The van der Waals surface area contributed by atoms with E-state index in [1.165, 1.54) is 0 Å². The molecule has 6 nitrogen and oxygen atoms in total. The van der Waals surface area contributed by atoms with Crippen molar-refractivity contribution in [2.45, 2.75) is 18.9 Å². The summed E-state index contributed by atoms with van der Waals surface area (Å²) in [5.74, 6) is 2.17. The van der Waals surface area contributed by atoms with Crippen LogP contribution in [0.15, 0.2) is 28.8 Å². The number of methoxy groups -OCH3 is 1. The quantitative estimate of drug-likeness (QED) is 0.892. The zero-order valence-electron chi connectivity index (χ0n) is 12.0. The second-order valence-corrected chi connectivity index (χ2v) is 5.03. The van der Waals surface area contributed by atoms with Gasteiger partial charge in [-0.3, -0.25) is 0 Å². The molecule has 0 bridgehead atoms. The molecule has 2 aromatic rings. The Bertz CT molecular complexity index is 562. The van der Waals surface area contributed by atoms with Crippen LogP contribution in [0, 0.1) is 0 Å². The standard InChI is InChI=1S/C15H19N3O3/c1-19-12-4-2-11(3-5-12)8-14-17-15(21-18-14)9-13-10-16-6-7-20-13/h2-5,13,16H,6-10H2,1H3. The van der Waals surface area contributed by atoms with Crippen molar-refractivity contribution in [1.29, 1.82) is 0 Å². The molecule has 1 unspecified atom stereocenters. The minimum atomic E-state index is 0.119. The van der Waals surface area contributed by atoms with Gasteiger partial charge in [0.25, 0.3) is 0 Å². The molecule has 1 aliphatic heterocycles. The summed E-state index contributed by atoms with van der Waals surface area (Å²) in [7, 11) is 1.66. The van der Waals surface area contributed by atoms with Crippen LogP contribution in [-0.2, 0) is 17.6 Å². The first-order valence-electron chi connectivity index (χ1n) is 7.10. The van der Waals surface area contributed by atoms with Crippen LogP contribution in [-0.4, -0.2) is 43.1 Å². The van der Waals surface area contributed by atoms with Crippen molar-refractivity contribution in [3.05, 3.63) is 41.5 Å². The summed E-state index contributed by atoms with van der Waals surface area (Å²) in [6.07, 6.45) is 1.42. The number of ether oxygens (including phenoxy) is 2. The SMILES string of the molecule is COc1ccc(Cc2noc(CC3CNCCO3)n2)cc1. The lowest BCUT2D eigenvalue weighted by Gasteiger charge is -2.21. The van der Waals surface area contributed by atoms with Crippen LogP contribution in [0.25, 0.3) is 0 Å². The van der Waals surface area contributed by atoms with Gasteiger partial charge < -0.3 is 19.3 Å². The molecule has 1 aliphatic rings. The molecule has 0 saturated carbocycles. The number of nitrogens with one attached hydrogen (secondary N) is 1. The fraction of sp³-hybridized carbons (Fsp3) is 0.467. The average molecular weight is 289 g/mol.